The largest absolute Gasteiger partial charge is 0.404 e. The molecule has 0 aromatic rings. The Kier molecular flexibility index (Phi) is 8.77. The van der Waals surface area contributed by atoms with Crippen LogP contribution in [0.1, 0.15) is 6.92 Å². The van der Waals surface area contributed by atoms with Gasteiger partial charge in [0.25, 0.3) is 5.96 Å². The van der Waals surface area contributed by atoms with Gasteiger partial charge >= 0.3 is 0 Å². The van der Waals surface area contributed by atoms with Crippen molar-refractivity contribution < 1.29 is 5.03 Å². The van der Waals surface area contributed by atoms with Crippen molar-refractivity contribution in [3.63, 3.8) is 0 Å². The zero-order valence-corrected chi connectivity index (χ0v) is 12.9. The highest BCUT2D eigenvalue weighted by atomic mass is 35.5. The topological polar surface area (TPSA) is 123 Å². The van der Waals surface area contributed by atoms with Crippen LogP contribution in [0.5, 0.6) is 0 Å². The lowest BCUT2D eigenvalue weighted by molar-refractivity contribution is -0.485. The van der Waals surface area contributed by atoms with Gasteiger partial charge in [-0.05, 0) is 6.92 Å². The summed E-state index contributed by atoms with van der Waals surface area (Å²) < 4.78 is 0.347. The highest BCUT2D eigenvalue weighted by Crippen LogP contribution is 2.26. The first kappa shape index (κ1) is 18.6. The second kappa shape index (κ2) is 9.45. The summed E-state index contributed by atoms with van der Waals surface area (Å²) >= 11 is 6.89. The molecule has 0 aromatic carbocycles. The van der Waals surface area contributed by atoms with E-state index in [0.29, 0.717) is 15.8 Å². The third-order valence-corrected chi connectivity index (χ3v) is 2.96. The molecule has 5 N–H and O–H groups in total. The van der Waals surface area contributed by atoms with Crippen LogP contribution in [-0.2, 0) is 0 Å². The van der Waals surface area contributed by atoms with Gasteiger partial charge in [0.1, 0.15) is 5.10 Å². The molecule has 1 unspecified atom stereocenters. The molecule has 0 radical (unpaired) electrons. The van der Waals surface area contributed by atoms with Crippen molar-refractivity contribution in [3.8, 4) is 0 Å². The number of nitro groups is 1. The zero-order valence-electron chi connectivity index (χ0n) is 11.4. The van der Waals surface area contributed by atoms with Crippen molar-refractivity contribution in [3.05, 3.63) is 32.2 Å². The minimum Gasteiger partial charge on any atom is -0.404 e. The van der Waals surface area contributed by atoms with Crippen molar-refractivity contribution >= 4 is 29.3 Å². The summed E-state index contributed by atoms with van der Waals surface area (Å²) in [4.78, 5) is 12.8. The predicted octanol–water partition coefficient (Wildman–Crippen LogP) is 0.646. The number of rotatable bonds is 7. The van der Waals surface area contributed by atoms with Crippen LogP contribution in [-0.4, -0.2) is 42.1 Å². The van der Waals surface area contributed by atoms with E-state index in [4.69, 9.17) is 23.1 Å². The Morgan fingerprint density at radius 3 is 2.70 bits per heavy atom. The van der Waals surface area contributed by atoms with Crippen molar-refractivity contribution in [1.82, 2.24) is 10.2 Å². The summed E-state index contributed by atoms with van der Waals surface area (Å²) in [5, 5.41) is 15.7. The minimum absolute atomic E-state index is 0.0902. The van der Waals surface area contributed by atoms with Crippen LogP contribution in [0.25, 0.3) is 0 Å². The molecule has 0 amide bonds. The monoisotopic (exact) mass is 322 g/mol. The lowest BCUT2D eigenvalue weighted by Crippen LogP contribution is -2.46. The molecule has 0 aliphatic heterocycles. The van der Waals surface area contributed by atoms with E-state index in [0.717, 1.165) is 0 Å². The number of nitrogens with zero attached hydrogens (tertiary/aromatic N) is 3. The lowest BCUT2D eigenvalue weighted by atomic mass is 10.3. The Morgan fingerprint density at radius 1 is 1.75 bits per heavy atom. The summed E-state index contributed by atoms with van der Waals surface area (Å²) in [6.07, 6.45) is 1.37. The van der Waals surface area contributed by atoms with Crippen molar-refractivity contribution in [1.29, 1.82) is 0 Å². The summed E-state index contributed by atoms with van der Waals surface area (Å²) in [6, 6.07) is -0.205. The van der Waals surface area contributed by atoms with Crippen LogP contribution in [0.4, 0.5) is 0 Å². The Hall–Kier alpha value is -1.45. The Bertz CT molecular complexity index is 413. The van der Waals surface area contributed by atoms with Crippen LogP contribution in [0.3, 0.4) is 0 Å². The summed E-state index contributed by atoms with van der Waals surface area (Å²) in [6.45, 7) is 5.98. The van der Waals surface area contributed by atoms with E-state index >= 15 is 0 Å². The number of thioether (sulfide) groups is 1. The molecule has 8 nitrogen and oxygen atoms in total. The average Bonchev–Trinajstić information content (AvgIpc) is 2.32. The standard InChI is InChI=1S/C10H19ClN6O2S/c1-7(13)5-16(10(14-3)15-17(18)19)6-9(4-12)20-8(2)11/h4,7H,2,5-6,12-13H2,1,3H3,(H,14,15)/b9-4-. The van der Waals surface area contributed by atoms with Gasteiger partial charge in [-0.15, -0.1) is 0 Å². The van der Waals surface area contributed by atoms with E-state index in [2.05, 4.69) is 17.0 Å². The number of hydrogen-bond acceptors (Lipinski definition) is 5. The lowest BCUT2D eigenvalue weighted by Gasteiger charge is -2.26. The quantitative estimate of drug-likeness (QED) is 0.272. The normalized spacial score (nSPS) is 13.8. The smallest absolute Gasteiger partial charge is 0.271 e. The maximum atomic E-state index is 10.5. The fourth-order valence-electron chi connectivity index (χ4n) is 1.37. The maximum Gasteiger partial charge on any atom is 0.271 e. The molecule has 0 aromatic heterocycles. The number of hydrogen-bond donors (Lipinski definition) is 3. The highest BCUT2D eigenvalue weighted by molar-refractivity contribution is 8.08. The summed E-state index contributed by atoms with van der Waals surface area (Å²) in [5.74, 6) is 0.0902. The molecule has 0 spiro atoms. The molecule has 1 atom stereocenters. The first-order chi connectivity index (χ1) is 9.29. The molecule has 0 heterocycles. The number of nitrogens with two attached hydrogens (primary N) is 2. The van der Waals surface area contributed by atoms with Gasteiger partial charge in [-0.2, -0.15) is 0 Å². The molecule has 0 saturated carbocycles. The van der Waals surface area contributed by atoms with Crippen LogP contribution in [0.2, 0.25) is 0 Å². The van der Waals surface area contributed by atoms with E-state index in [1.165, 1.54) is 25.0 Å². The van der Waals surface area contributed by atoms with Gasteiger partial charge in [0.2, 0.25) is 0 Å². The van der Waals surface area contributed by atoms with E-state index < -0.39 is 5.03 Å². The second-order valence-corrected chi connectivity index (χ2v) is 5.76. The molecule has 0 rings (SSSR count). The Balaban J connectivity index is 5.13. The Morgan fingerprint density at radius 2 is 2.35 bits per heavy atom. The fourth-order valence-corrected chi connectivity index (χ4v) is 2.24. The van der Waals surface area contributed by atoms with Gasteiger partial charge in [0.15, 0.2) is 5.03 Å². The molecule has 10 heteroatoms. The summed E-state index contributed by atoms with van der Waals surface area (Å²) in [5.41, 5.74) is 11.2. The van der Waals surface area contributed by atoms with Gasteiger partial charge in [0, 0.05) is 30.7 Å². The Labute approximate surface area is 127 Å². The SMILES string of the molecule is C=C(Cl)S/C(=C\N)CN(CC(C)N)/C(=N/[N+](=O)[O-])NC. The van der Waals surface area contributed by atoms with Gasteiger partial charge in [-0.1, -0.05) is 29.9 Å². The van der Waals surface area contributed by atoms with E-state index in [1.807, 2.05) is 0 Å². The summed E-state index contributed by atoms with van der Waals surface area (Å²) in [7, 11) is 1.54. The third kappa shape index (κ3) is 7.87. The van der Waals surface area contributed by atoms with Crippen LogP contribution in [0, 0.1) is 10.1 Å². The minimum atomic E-state index is -0.778. The van der Waals surface area contributed by atoms with Crippen molar-refractivity contribution in [2.24, 2.45) is 16.6 Å². The number of guanidine groups is 1. The number of hydrazone groups is 1. The molecular formula is C10H19ClN6O2S. The zero-order chi connectivity index (χ0) is 15.7. The first-order valence-corrected chi connectivity index (χ1v) is 6.83. The first-order valence-electron chi connectivity index (χ1n) is 5.64. The number of halogens is 1. The fraction of sp³-hybridized carbons (Fsp3) is 0.500. The molecular weight excluding hydrogens is 304 g/mol. The van der Waals surface area contributed by atoms with Crippen LogP contribution in [0.15, 0.2) is 27.1 Å². The van der Waals surface area contributed by atoms with Crippen molar-refractivity contribution in [2.45, 2.75) is 13.0 Å². The molecule has 0 aliphatic carbocycles. The molecule has 0 saturated heterocycles. The van der Waals surface area contributed by atoms with Crippen molar-refractivity contribution in [2.75, 3.05) is 20.1 Å². The van der Waals surface area contributed by atoms with Gasteiger partial charge < -0.3 is 21.7 Å². The van der Waals surface area contributed by atoms with Gasteiger partial charge in [-0.3, -0.25) is 0 Å². The van der Waals surface area contributed by atoms with Crippen LogP contribution >= 0.6 is 23.4 Å². The molecule has 114 valence electrons. The predicted molar refractivity (Wildman–Crippen MR) is 83.6 cm³/mol. The second-order valence-electron chi connectivity index (χ2n) is 3.86. The van der Waals surface area contributed by atoms with Gasteiger partial charge in [0.05, 0.1) is 10.9 Å². The van der Waals surface area contributed by atoms with Gasteiger partial charge in [-0.25, -0.2) is 10.1 Å². The highest BCUT2D eigenvalue weighted by Gasteiger charge is 2.17. The molecule has 0 bridgehead atoms. The molecule has 0 fully saturated rings. The molecule has 20 heavy (non-hydrogen) atoms. The third-order valence-electron chi connectivity index (χ3n) is 1.98. The van der Waals surface area contributed by atoms with Crippen LogP contribution < -0.4 is 16.8 Å². The average molecular weight is 323 g/mol. The van der Waals surface area contributed by atoms with E-state index in [9.17, 15) is 10.1 Å². The van der Waals surface area contributed by atoms with E-state index in [-0.39, 0.29) is 18.5 Å². The number of nitrogens with one attached hydrogen (secondary N) is 1. The maximum absolute atomic E-state index is 10.5. The molecule has 0 aliphatic rings. The van der Waals surface area contributed by atoms with E-state index in [1.54, 1.807) is 11.8 Å².